The first-order valence-corrected chi connectivity index (χ1v) is 6.97. The van der Waals surface area contributed by atoms with Crippen LogP contribution in [0.1, 0.15) is 63.9 Å². The van der Waals surface area contributed by atoms with Crippen LogP contribution in [0.3, 0.4) is 0 Å². The molecule has 0 saturated heterocycles. The second-order valence-corrected chi connectivity index (χ2v) is 4.71. The monoisotopic (exact) mass is 242 g/mol. The molecule has 0 aromatic heterocycles. The molecule has 0 radical (unpaired) electrons. The summed E-state index contributed by atoms with van der Waals surface area (Å²) in [5.74, 6) is 0. The van der Waals surface area contributed by atoms with Gasteiger partial charge in [-0.1, -0.05) is 82.2 Å². The number of rotatable bonds is 9. The first kappa shape index (κ1) is 17.2. The van der Waals surface area contributed by atoms with Gasteiger partial charge < -0.3 is 0 Å². The minimum atomic E-state index is 0. The Morgan fingerprint density at radius 3 is 1.82 bits per heavy atom. The van der Waals surface area contributed by atoms with Crippen molar-refractivity contribution in [3.63, 3.8) is 0 Å². The van der Waals surface area contributed by atoms with Crippen LogP contribution < -0.4 is 0 Å². The SMILES string of the molecule is CCCCCCCCCCc1ccccc1.[NaH]. The molecular weight excluding hydrogens is 215 g/mol. The molecule has 0 heterocycles. The predicted molar refractivity (Wildman–Crippen MR) is 79.9 cm³/mol. The van der Waals surface area contributed by atoms with Gasteiger partial charge in [-0.3, -0.25) is 0 Å². The molecule has 92 valence electrons. The summed E-state index contributed by atoms with van der Waals surface area (Å²) in [5, 5.41) is 0. The summed E-state index contributed by atoms with van der Waals surface area (Å²) in [6.45, 7) is 2.28. The molecule has 0 aliphatic carbocycles. The van der Waals surface area contributed by atoms with Gasteiger partial charge in [0.15, 0.2) is 0 Å². The Hall–Kier alpha value is 0.220. The standard InChI is InChI=1S/C16H26.Na.H/c1-2-3-4-5-6-7-8-10-13-16-14-11-9-12-15-16;;/h9,11-12,14-15H,2-8,10,13H2,1H3;;. The molecule has 0 unspecified atom stereocenters. The van der Waals surface area contributed by atoms with Crippen molar-refractivity contribution in [3.05, 3.63) is 35.9 Å². The Bertz CT molecular complexity index is 243. The summed E-state index contributed by atoms with van der Waals surface area (Å²) < 4.78 is 0. The molecule has 0 N–H and O–H groups in total. The van der Waals surface area contributed by atoms with Crippen molar-refractivity contribution in [1.82, 2.24) is 0 Å². The van der Waals surface area contributed by atoms with Crippen LogP contribution in [0.5, 0.6) is 0 Å². The van der Waals surface area contributed by atoms with E-state index in [-0.39, 0.29) is 29.6 Å². The van der Waals surface area contributed by atoms with Crippen molar-refractivity contribution in [2.75, 3.05) is 0 Å². The summed E-state index contributed by atoms with van der Waals surface area (Å²) in [6, 6.07) is 10.8. The normalized spacial score (nSPS) is 9.94. The summed E-state index contributed by atoms with van der Waals surface area (Å²) in [5.41, 5.74) is 1.49. The van der Waals surface area contributed by atoms with Crippen LogP contribution in [-0.2, 0) is 6.42 Å². The van der Waals surface area contributed by atoms with E-state index in [2.05, 4.69) is 37.3 Å². The van der Waals surface area contributed by atoms with E-state index in [1.54, 1.807) is 0 Å². The summed E-state index contributed by atoms with van der Waals surface area (Å²) in [6.07, 6.45) is 12.5. The van der Waals surface area contributed by atoms with Gasteiger partial charge in [0.25, 0.3) is 0 Å². The Morgan fingerprint density at radius 2 is 1.24 bits per heavy atom. The van der Waals surface area contributed by atoms with E-state index in [4.69, 9.17) is 0 Å². The van der Waals surface area contributed by atoms with E-state index in [1.165, 1.54) is 63.4 Å². The molecule has 0 fully saturated rings. The number of hydrogen-bond donors (Lipinski definition) is 0. The zero-order valence-electron chi connectivity index (χ0n) is 10.8. The molecule has 1 heteroatoms. The quantitative estimate of drug-likeness (QED) is 0.434. The predicted octanol–water partition coefficient (Wildman–Crippen LogP) is 4.72. The summed E-state index contributed by atoms with van der Waals surface area (Å²) >= 11 is 0. The van der Waals surface area contributed by atoms with Crippen molar-refractivity contribution in [2.45, 2.75) is 64.7 Å². The van der Waals surface area contributed by atoms with Crippen LogP contribution in [0, 0.1) is 0 Å². The molecule has 0 saturated carbocycles. The van der Waals surface area contributed by atoms with Crippen molar-refractivity contribution in [3.8, 4) is 0 Å². The first-order valence-electron chi connectivity index (χ1n) is 6.97. The van der Waals surface area contributed by atoms with E-state index >= 15 is 0 Å². The Labute approximate surface area is 129 Å². The molecule has 0 aliphatic rings. The molecule has 17 heavy (non-hydrogen) atoms. The van der Waals surface area contributed by atoms with Gasteiger partial charge in [-0.2, -0.15) is 0 Å². The summed E-state index contributed by atoms with van der Waals surface area (Å²) in [7, 11) is 0. The molecule has 0 spiro atoms. The topological polar surface area (TPSA) is 0 Å². The second kappa shape index (κ2) is 12.7. The van der Waals surface area contributed by atoms with E-state index in [0.29, 0.717) is 0 Å². The maximum atomic E-state index is 2.28. The van der Waals surface area contributed by atoms with Crippen LogP contribution in [0.15, 0.2) is 30.3 Å². The minimum absolute atomic E-state index is 0. The summed E-state index contributed by atoms with van der Waals surface area (Å²) in [4.78, 5) is 0. The van der Waals surface area contributed by atoms with Crippen molar-refractivity contribution < 1.29 is 0 Å². The first-order chi connectivity index (χ1) is 7.93. The number of hydrogen-bond acceptors (Lipinski definition) is 0. The van der Waals surface area contributed by atoms with Crippen LogP contribution in [-0.4, -0.2) is 29.6 Å². The van der Waals surface area contributed by atoms with E-state index < -0.39 is 0 Å². The fourth-order valence-electron chi connectivity index (χ4n) is 2.11. The molecule has 0 amide bonds. The third kappa shape index (κ3) is 9.88. The van der Waals surface area contributed by atoms with E-state index in [1.807, 2.05) is 0 Å². The van der Waals surface area contributed by atoms with E-state index in [9.17, 15) is 0 Å². The third-order valence-electron chi connectivity index (χ3n) is 3.16. The van der Waals surface area contributed by atoms with Gasteiger partial charge in [0.2, 0.25) is 0 Å². The van der Waals surface area contributed by atoms with Crippen LogP contribution >= 0.6 is 0 Å². The van der Waals surface area contributed by atoms with E-state index in [0.717, 1.165) is 0 Å². The average molecular weight is 242 g/mol. The van der Waals surface area contributed by atoms with Gasteiger partial charge in [0, 0.05) is 0 Å². The molecule has 0 nitrogen and oxygen atoms in total. The average Bonchev–Trinajstić information content (AvgIpc) is 2.34. The molecule has 0 aliphatic heterocycles. The Kier molecular flexibility index (Phi) is 12.8. The van der Waals surface area contributed by atoms with Crippen LogP contribution in [0.2, 0.25) is 0 Å². The fourth-order valence-corrected chi connectivity index (χ4v) is 2.11. The Morgan fingerprint density at radius 1 is 0.706 bits per heavy atom. The zero-order chi connectivity index (χ0) is 11.5. The Balaban J connectivity index is 0.00000256. The van der Waals surface area contributed by atoms with Gasteiger partial charge in [-0.25, -0.2) is 0 Å². The van der Waals surface area contributed by atoms with Crippen LogP contribution in [0.25, 0.3) is 0 Å². The van der Waals surface area contributed by atoms with Gasteiger partial charge in [-0.15, -0.1) is 0 Å². The van der Waals surface area contributed by atoms with Crippen molar-refractivity contribution >= 4 is 29.6 Å². The molecular formula is C16H27Na. The third-order valence-corrected chi connectivity index (χ3v) is 3.16. The number of benzene rings is 1. The molecule has 0 bridgehead atoms. The van der Waals surface area contributed by atoms with Gasteiger partial charge in [-0.05, 0) is 18.4 Å². The van der Waals surface area contributed by atoms with Crippen molar-refractivity contribution in [2.24, 2.45) is 0 Å². The van der Waals surface area contributed by atoms with Gasteiger partial charge >= 0.3 is 29.6 Å². The molecule has 1 aromatic rings. The fraction of sp³-hybridized carbons (Fsp3) is 0.625. The second-order valence-electron chi connectivity index (χ2n) is 4.71. The van der Waals surface area contributed by atoms with Crippen molar-refractivity contribution in [1.29, 1.82) is 0 Å². The molecule has 1 rings (SSSR count). The zero-order valence-corrected chi connectivity index (χ0v) is 10.8. The van der Waals surface area contributed by atoms with Gasteiger partial charge in [0.05, 0.1) is 0 Å². The van der Waals surface area contributed by atoms with Gasteiger partial charge in [0.1, 0.15) is 0 Å². The molecule has 0 atom stereocenters. The maximum absolute atomic E-state index is 2.28. The van der Waals surface area contributed by atoms with Crippen LogP contribution in [0.4, 0.5) is 0 Å². The number of unbranched alkanes of at least 4 members (excludes halogenated alkanes) is 7. The molecule has 1 aromatic carbocycles. The number of aryl methyl sites for hydroxylation is 1.